The van der Waals surface area contributed by atoms with Crippen LogP contribution in [-0.4, -0.2) is 22.4 Å². The molecule has 6 rings (SSSR count). The number of hydrogen-bond donors (Lipinski definition) is 0. The van der Waals surface area contributed by atoms with Crippen molar-refractivity contribution < 1.29 is 41.0 Å². The van der Waals surface area contributed by atoms with Crippen molar-refractivity contribution in [3.63, 3.8) is 0 Å². The van der Waals surface area contributed by atoms with Gasteiger partial charge in [0.25, 0.3) is 0 Å². The first-order valence-electron chi connectivity index (χ1n) is 25.4. The maximum Gasteiger partial charge on any atom is 0.0955 e. The molecule has 0 aromatic rings. The maximum absolute atomic E-state index is 8.73. The predicted octanol–water partition coefficient (Wildman–Crippen LogP) is 10.5. The van der Waals surface area contributed by atoms with Gasteiger partial charge in [-0.25, -0.2) is 0 Å². The fourth-order valence-electron chi connectivity index (χ4n) is 8.15. The highest BCUT2D eigenvalue weighted by molar-refractivity contribution is 5.32. The molecule has 4 aliphatic carbocycles. The van der Waals surface area contributed by atoms with Crippen molar-refractivity contribution in [3.8, 4) is 0 Å². The largest absolute Gasteiger partial charge is 0.364 e. The lowest BCUT2D eigenvalue weighted by molar-refractivity contribution is -0.132. The summed E-state index contributed by atoms with van der Waals surface area (Å²) in [7, 11) is 0. The van der Waals surface area contributed by atoms with E-state index in [1.54, 1.807) is 6.92 Å². The second-order valence-electron chi connectivity index (χ2n) is 13.6. The Morgan fingerprint density at radius 3 is 1.84 bits per heavy atom. The highest BCUT2D eigenvalue weighted by Crippen LogP contribution is 2.66. The van der Waals surface area contributed by atoms with E-state index < -0.39 is 110 Å². The molecule has 2 spiro atoms. The molecule has 0 aromatic heterocycles. The summed E-state index contributed by atoms with van der Waals surface area (Å²) in [5.41, 5.74) is -6.92. The molecule has 2 nitrogen and oxygen atoms in total. The number of rotatable bonds is 6. The molecule has 6 atom stereocenters. The Kier molecular flexibility index (Phi) is 3.16. The van der Waals surface area contributed by atoms with Crippen molar-refractivity contribution in [3.05, 3.63) is 23.3 Å². The summed E-state index contributed by atoms with van der Waals surface area (Å²) < 4.78 is 200. The summed E-state index contributed by atoms with van der Waals surface area (Å²) in [5, 5.41) is 0. The summed E-state index contributed by atoms with van der Waals surface area (Å²) >= 11 is 0. The normalized spacial score (nSPS) is 58.6. The van der Waals surface area contributed by atoms with Gasteiger partial charge in [0.05, 0.1) is 23.8 Å². The van der Waals surface area contributed by atoms with Gasteiger partial charge in [0, 0.05) is 41.0 Å². The fourth-order valence-corrected chi connectivity index (χ4v) is 8.15. The summed E-state index contributed by atoms with van der Waals surface area (Å²) in [6, 6.07) is -0.779. The van der Waals surface area contributed by atoms with Gasteiger partial charge >= 0.3 is 0 Å². The molecule has 0 radical (unpaired) electrons. The van der Waals surface area contributed by atoms with Gasteiger partial charge in [0.1, 0.15) is 0 Å². The Balaban J connectivity index is 0.000000231. The maximum atomic E-state index is 8.73. The molecule has 2 saturated carbocycles. The zero-order valence-electron chi connectivity index (χ0n) is 46.7. The number of allylic oxidation sites excluding steroid dienone is 2. The van der Waals surface area contributed by atoms with E-state index in [0.717, 1.165) is 12.5 Å². The van der Waals surface area contributed by atoms with Crippen LogP contribution in [0.15, 0.2) is 23.3 Å². The van der Waals surface area contributed by atoms with Crippen LogP contribution in [0.5, 0.6) is 0 Å². The summed E-state index contributed by atoms with van der Waals surface area (Å²) in [4.78, 5) is 0. The van der Waals surface area contributed by atoms with E-state index in [1.165, 1.54) is 0 Å². The number of hydrogen-bond acceptors (Lipinski definition) is 2. The van der Waals surface area contributed by atoms with Gasteiger partial charge in [-0.3, -0.25) is 0 Å². The van der Waals surface area contributed by atoms with E-state index in [1.807, 2.05) is 34.6 Å². The number of fused-ring (bicyclic) bond motifs is 2. The lowest BCUT2D eigenvalue weighted by atomic mass is 9.55. The monoisotopic (exact) mass is 548 g/mol. The summed E-state index contributed by atoms with van der Waals surface area (Å²) in [6.45, 7) is 4.09. The van der Waals surface area contributed by atoms with E-state index in [9.17, 15) is 0 Å². The van der Waals surface area contributed by atoms with Gasteiger partial charge in [-0.2, -0.15) is 0 Å². The van der Waals surface area contributed by atoms with Crippen LogP contribution in [0.4, 0.5) is 0 Å². The van der Waals surface area contributed by atoms with Gasteiger partial charge in [-0.15, -0.1) is 0 Å². The third kappa shape index (κ3) is 4.42. The van der Waals surface area contributed by atoms with Crippen LogP contribution in [-0.2, 0) is 9.47 Å². The van der Waals surface area contributed by atoms with Crippen molar-refractivity contribution in [1.29, 1.82) is 0 Å². The fraction of sp³-hybridized carbons (Fsp3) is 0.889. The molecule has 2 heteroatoms. The molecule has 38 heavy (non-hydrogen) atoms. The average Bonchev–Trinajstić information content (AvgIpc) is 3.42. The van der Waals surface area contributed by atoms with Gasteiger partial charge in [-0.1, -0.05) is 52.4 Å². The van der Waals surface area contributed by atoms with Crippen LogP contribution in [0.2, 0.25) is 0 Å². The van der Waals surface area contributed by atoms with Crippen molar-refractivity contribution in [2.24, 2.45) is 22.7 Å². The van der Waals surface area contributed by atoms with Gasteiger partial charge in [-0.05, 0) is 140 Å². The molecular formula is C36H60O2. The molecule has 2 saturated heterocycles. The van der Waals surface area contributed by atoms with Crippen molar-refractivity contribution >= 4 is 0 Å². The van der Waals surface area contributed by atoms with Gasteiger partial charge in [0.15, 0.2) is 0 Å². The van der Waals surface area contributed by atoms with Crippen LogP contribution in [0.25, 0.3) is 0 Å². The molecule has 2 heterocycles. The van der Waals surface area contributed by atoms with E-state index in [4.69, 9.17) is 41.0 Å². The first kappa shape index (κ1) is 11.9. The Bertz CT molecular complexity index is 1840. The van der Waals surface area contributed by atoms with Crippen molar-refractivity contribution in [2.75, 3.05) is 0 Å². The molecule has 0 amide bonds. The lowest BCUT2D eigenvalue weighted by Crippen LogP contribution is -2.51. The van der Waals surface area contributed by atoms with E-state index in [0.29, 0.717) is 25.7 Å². The molecule has 4 bridgehead atoms. The van der Waals surface area contributed by atoms with E-state index >= 15 is 0 Å². The molecular weight excluding hydrogens is 464 g/mol. The van der Waals surface area contributed by atoms with Crippen LogP contribution in [0.3, 0.4) is 0 Å². The van der Waals surface area contributed by atoms with E-state index in [2.05, 4.69) is 0 Å². The van der Waals surface area contributed by atoms with Crippen LogP contribution in [0.1, 0.15) is 189 Å². The minimum atomic E-state index is -3.60. The molecule has 4 fully saturated rings. The minimum Gasteiger partial charge on any atom is -0.364 e. The van der Waals surface area contributed by atoms with Crippen LogP contribution < -0.4 is 0 Å². The summed E-state index contributed by atoms with van der Waals surface area (Å²) in [5.74, 6) is 0.0207. The Morgan fingerprint density at radius 2 is 1.29 bits per heavy atom. The second kappa shape index (κ2) is 10.0. The molecule has 0 aromatic carbocycles. The third-order valence-corrected chi connectivity index (χ3v) is 10.7. The van der Waals surface area contributed by atoms with E-state index in [-0.39, 0.29) is 36.7 Å². The first-order valence-corrected chi connectivity index (χ1v) is 13.9. The highest BCUT2D eigenvalue weighted by Gasteiger charge is 2.65. The minimum absolute atomic E-state index is 0.0339. The van der Waals surface area contributed by atoms with Crippen molar-refractivity contribution in [1.82, 2.24) is 0 Å². The topological polar surface area (TPSA) is 18.5 Å². The van der Waals surface area contributed by atoms with Gasteiger partial charge in [0.2, 0.25) is 0 Å². The zero-order chi connectivity index (χ0) is 47.7. The first-order chi connectivity index (χ1) is 26.6. The molecule has 6 aliphatic rings. The average molecular weight is 548 g/mol. The molecule has 0 N–H and O–H groups in total. The molecule has 2 aliphatic heterocycles. The predicted molar refractivity (Wildman–Crippen MR) is 160 cm³/mol. The standard InChI is InChI=1S/2C18H30O/c2*1-5-6-8-14-9-7-11-17(4)12-10-15-13-18(14,17)19-16(15,2)3/h2*9,15H,5-8,10-13H2,1-4H3/t2*15-,17+,18+/m11/s1/i1D3,5D2,6D2,7D2,8D2,9D;1D3,5D2,6D2,7D2,8D2. The Morgan fingerprint density at radius 1 is 0.789 bits per heavy atom. The van der Waals surface area contributed by atoms with Crippen LogP contribution >= 0.6 is 0 Å². The van der Waals surface area contributed by atoms with Crippen LogP contribution in [0, 0.1) is 22.7 Å². The van der Waals surface area contributed by atoms with Crippen molar-refractivity contribution in [2.45, 2.75) is 180 Å². The lowest BCUT2D eigenvalue weighted by Gasteiger charge is -2.52. The quantitative estimate of drug-likeness (QED) is 0.308. The second-order valence-corrected chi connectivity index (χ2v) is 13.6. The summed E-state index contributed by atoms with van der Waals surface area (Å²) in [6.07, 6.45) is -20.8. The molecule has 0 unspecified atom stereocenters. The third-order valence-electron chi connectivity index (χ3n) is 10.7. The smallest absolute Gasteiger partial charge is 0.0955 e. The van der Waals surface area contributed by atoms with Gasteiger partial charge < -0.3 is 9.47 Å². The molecule has 216 valence electrons. The Labute approximate surface area is 268 Å². The SMILES string of the molecule is [2H]C1([2H])C=C(C([2H])([2H])C([2H])([2H])C([2H])([2H])C([2H])([2H])[2H])[C@@]23C[C@@H](CC[C@]2(C)C1)C(C)(C)O3.[2H]C1=C(C([2H])([2H])C([2H])([2H])C([2H])([2H])C([2H])([2H])[2H])[C@@]23C[C@@H](CC[C@]2(C)CC1([2H])[2H])C(C)(C)O3. The highest BCUT2D eigenvalue weighted by atomic mass is 16.5. The number of ether oxygens (including phenoxy) is 2. The zero-order valence-corrected chi connectivity index (χ0v) is 23.7. The Hall–Kier alpha value is -0.600.